The highest BCUT2D eigenvalue weighted by Crippen LogP contribution is 2.26. The van der Waals surface area contributed by atoms with E-state index in [9.17, 15) is 0 Å². The molecule has 0 aromatic carbocycles. The van der Waals surface area contributed by atoms with E-state index in [1.165, 1.54) is 25.7 Å². The summed E-state index contributed by atoms with van der Waals surface area (Å²) in [6.45, 7) is 10.9. The molecule has 1 fully saturated rings. The summed E-state index contributed by atoms with van der Waals surface area (Å²) in [4.78, 5) is 0. The molecule has 1 saturated carbocycles. The standard InChI is InChI=1S/C14H29NO/c1-12-8-5-6-9-13(12)16-11-7-10-15-14(2,3)4/h12-13,15H,5-11H2,1-4H3. The van der Waals surface area contributed by atoms with Gasteiger partial charge in [-0.15, -0.1) is 0 Å². The molecule has 2 unspecified atom stereocenters. The van der Waals surface area contributed by atoms with Crippen LogP contribution >= 0.6 is 0 Å². The van der Waals surface area contributed by atoms with Gasteiger partial charge in [-0.25, -0.2) is 0 Å². The first kappa shape index (κ1) is 14.0. The fourth-order valence-electron chi connectivity index (χ4n) is 2.30. The van der Waals surface area contributed by atoms with Crippen molar-refractivity contribution in [3.05, 3.63) is 0 Å². The van der Waals surface area contributed by atoms with Gasteiger partial charge in [0.2, 0.25) is 0 Å². The lowest BCUT2D eigenvalue weighted by atomic mass is 9.88. The molecule has 0 aliphatic heterocycles. The topological polar surface area (TPSA) is 21.3 Å². The molecular weight excluding hydrogens is 198 g/mol. The Kier molecular flexibility index (Phi) is 5.77. The molecule has 0 saturated heterocycles. The smallest absolute Gasteiger partial charge is 0.0600 e. The fraction of sp³-hybridized carbons (Fsp3) is 1.00. The molecule has 1 aliphatic rings. The Labute approximate surface area is 101 Å². The van der Waals surface area contributed by atoms with Gasteiger partial charge in [-0.2, -0.15) is 0 Å². The minimum atomic E-state index is 0.234. The summed E-state index contributed by atoms with van der Waals surface area (Å²) in [7, 11) is 0. The molecule has 0 bridgehead atoms. The van der Waals surface area contributed by atoms with Gasteiger partial charge in [0, 0.05) is 12.1 Å². The van der Waals surface area contributed by atoms with Crippen LogP contribution in [0.1, 0.15) is 59.8 Å². The van der Waals surface area contributed by atoms with E-state index in [1.807, 2.05) is 0 Å². The highest BCUT2D eigenvalue weighted by atomic mass is 16.5. The average Bonchev–Trinajstić information content (AvgIpc) is 2.18. The van der Waals surface area contributed by atoms with Crippen molar-refractivity contribution in [2.24, 2.45) is 5.92 Å². The van der Waals surface area contributed by atoms with Gasteiger partial charge in [0.25, 0.3) is 0 Å². The predicted molar refractivity (Wildman–Crippen MR) is 69.7 cm³/mol. The van der Waals surface area contributed by atoms with E-state index in [4.69, 9.17) is 4.74 Å². The molecule has 1 N–H and O–H groups in total. The zero-order valence-corrected chi connectivity index (χ0v) is 11.5. The predicted octanol–water partition coefficient (Wildman–Crippen LogP) is 3.36. The summed E-state index contributed by atoms with van der Waals surface area (Å²) in [5.74, 6) is 0.768. The Morgan fingerprint density at radius 2 is 1.88 bits per heavy atom. The lowest BCUT2D eigenvalue weighted by molar-refractivity contribution is -0.00606. The highest BCUT2D eigenvalue weighted by Gasteiger charge is 2.21. The Hall–Kier alpha value is -0.0800. The second kappa shape index (κ2) is 6.61. The molecule has 0 aromatic rings. The van der Waals surface area contributed by atoms with Crippen molar-refractivity contribution in [3.63, 3.8) is 0 Å². The van der Waals surface area contributed by atoms with Crippen molar-refractivity contribution in [3.8, 4) is 0 Å². The first-order chi connectivity index (χ1) is 7.49. The Bertz CT molecular complexity index is 186. The molecule has 2 nitrogen and oxygen atoms in total. The van der Waals surface area contributed by atoms with E-state index in [-0.39, 0.29) is 5.54 Å². The van der Waals surface area contributed by atoms with E-state index in [2.05, 4.69) is 33.0 Å². The van der Waals surface area contributed by atoms with Gasteiger partial charge in [0.15, 0.2) is 0 Å². The normalized spacial score (nSPS) is 27.0. The molecule has 1 aliphatic carbocycles. The fourth-order valence-corrected chi connectivity index (χ4v) is 2.30. The third-order valence-electron chi connectivity index (χ3n) is 3.34. The van der Waals surface area contributed by atoms with E-state index < -0.39 is 0 Å². The first-order valence-corrected chi connectivity index (χ1v) is 6.86. The molecular formula is C14H29NO. The van der Waals surface area contributed by atoms with Crippen LogP contribution in [0.25, 0.3) is 0 Å². The van der Waals surface area contributed by atoms with Crippen LogP contribution in [0.3, 0.4) is 0 Å². The summed E-state index contributed by atoms with van der Waals surface area (Å²) >= 11 is 0. The molecule has 1 rings (SSSR count). The van der Waals surface area contributed by atoms with Crippen LogP contribution in [0.4, 0.5) is 0 Å². The lowest BCUT2D eigenvalue weighted by Crippen LogP contribution is -2.37. The van der Waals surface area contributed by atoms with Crippen molar-refractivity contribution in [1.29, 1.82) is 0 Å². The maximum Gasteiger partial charge on any atom is 0.0600 e. The third-order valence-corrected chi connectivity index (χ3v) is 3.34. The number of hydrogen-bond acceptors (Lipinski definition) is 2. The number of rotatable bonds is 5. The van der Waals surface area contributed by atoms with Crippen molar-refractivity contribution in [1.82, 2.24) is 5.32 Å². The maximum absolute atomic E-state index is 5.97. The maximum atomic E-state index is 5.97. The van der Waals surface area contributed by atoms with Gasteiger partial charge < -0.3 is 10.1 Å². The highest BCUT2D eigenvalue weighted by molar-refractivity contribution is 4.73. The van der Waals surface area contributed by atoms with Crippen LogP contribution in [-0.2, 0) is 4.74 Å². The van der Waals surface area contributed by atoms with Gasteiger partial charge in [0.1, 0.15) is 0 Å². The van der Waals surface area contributed by atoms with Crippen molar-refractivity contribution >= 4 is 0 Å². The molecule has 2 atom stereocenters. The van der Waals surface area contributed by atoms with Gasteiger partial charge in [-0.1, -0.05) is 19.8 Å². The molecule has 96 valence electrons. The summed E-state index contributed by atoms with van der Waals surface area (Å²) < 4.78 is 5.97. The zero-order chi connectivity index (χ0) is 12.0. The third kappa shape index (κ3) is 5.86. The van der Waals surface area contributed by atoms with Gasteiger partial charge in [0.05, 0.1) is 6.10 Å². The van der Waals surface area contributed by atoms with Crippen molar-refractivity contribution in [2.45, 2.75) is 71.4 Å². The molecule has 0 heterocycles. The Balaban J connectivity index is 2.02. The number of nitrogens with one attached hydrogen (secondary N) is 1. The zero-order valence-electron chi connectivity index (χ0n) is 11.5. The van der Waals surface area contributed by atoms with Crippen LogP contribution in [-0.4, -0.2) is 24.8 Å². The first-order valence-electron chi connectivity index (χ1n) is 6.86. The SMILES string of the molecule is CC1CCCCC1OCCCNC(C)(C)C. The van der Waals surface area contributed by atoms with Crippen LogP contribution in [0, 0.1) is 5.92 Å². The van der Waals surface area contributed by atoms with Crippen LogP contribution in [0.2, 0.25) is 0 Å². The monoisotopic (exact) mass is 227 g/mol. The summed E-state index contributed by atoms with van der Waals surface area (Å²) in [5.41, 5.74) is 0.234. The van der Waals surface area contributed by atoms with Crippen molar-refractivity contribution in [2.75, 3.05) is 13.2 Å². The lowest BCUT2D eigenvalue weighted by Gasteiger charge is -2.29. The Morgan fingerprint density at radius 1 is 1.19 bits per heavy atom. The second-order valence-corrected chi connectivity index (χ2v) is 6.20. The van der Waals surface area contributed by atoms with E-state index in [0.717, 1.165) is 25.5 Å². The van der Waals surface area contributed by atoms with E-state index in [0.29, 0.717) is 6.10 Å². The largest absolute Gasteiger partial charge is 0.378 e. The number of ether oxygens (including phenoxy) is 1. The molecule has 16 heavy (non-hydrogen) atoms. The molecule has 0 aromatic heterocycles. The average molecular weight is 227 g/mol. The van der Waals surface area contributed by atoms with Crippen LogP contribution in [0.15, 0.2) is 0 Å². The Morgan fingerprint density at radius 3 is 2.50 bits per heavy atom. The molecule has 0 amide bonds. The second-order valence-electron chi connectivity index (χ2n) is 6.20. The molecule has 0 radical (unpaired) electrons. The summed E-state index contributed by atoms with van der Waals surface area (Å²) in [6, 6.07) is 0. The number of hydrogen-bond donors (Lipinski definition) is 1. The van der Waals surface area contributed by atoms with Gasteiger partial charge >= 0.3 is 0 Å². The van der Waals surface area contributed by atoms with E-state index >= 15 is 0 Å². The molecule has 2 heteroatoms. The van der Waals surface area contributed by atoms with Gasteiger partial charge in [-0.3, -0.25) is 0 Å². The van der Waals surface area contributed by atoms with Crippen LogP contribution < -0.4 is 5.32 Å². The summed E-state index contributed by atoms with van der Waals surface area (Å²) in [5, 5.41) is 3.49. The van der Waals surface area contributed by atoms with Gasteiger partial charge in [-0.05, 0) is 52.5 Å². The summed E-state index contributed by atoms with van der Waals surface area (Å²) in [6.07, 6.45) is 7.03. The van der Waals surface area contributed by atoms with Crippen LogP contribution in [0.5, 0.6) is 0 Å². The quantitative estimate of drug-likeness (QED) is 0.727. The minimum Gasteiger partial charge on any atom is -0.378 e. The van der Waals surface area contributed by atoms with Crippen molar-refractivity contribution < 1.29 is 4.74 Å². The minimum absolute atomic E-state index is 0.234. The van der Waals surface area contributed by atoms with E-state index in [1.54, 1.807) is 0 Å². The molecule has 0 spiro atoms.